The maximum absolute atomic E-state index is 14.1. The van der Waals surface area contributed by atoms with E-state index in [9.17, 15) is 13.6 Å². The van der Waals surface area contributed by atoms with Gasteiger partial charge in [0.15, 0.2) is 11.6 Å². The van der Waals surface area contributed by atoms with Gasteiger partial charge in [0, 0.05) is 38.2 Å². The van der Waals surface area contributed by atoms with Gasteiger partial charge in [0.25, 0.3) is 0 Å². The number of nitrogens with one attached hydrogen (secondary N) is 1. The summed E-state index contributed by atoms with van der Waals surface area (Å²) in [6, 6.07) is 8.09. The zero-order valence-corrected chi connectivity index (χ0v) is 24.0. The largest absolute Gasteiger partial charge is 0.400 e. The molecule has 38 heavy (non-hydrogen) atoms. The highest BCUT2D eigenvalue weighted by molar-refractivity contribution is 5.71. The summed E-state index contributed by atoms with van der Waals surface area (Å²) in [6.45, 7) is 12.8. The van der Waals surface area contributed by atoms with Gasteiger partial charge in [0.1, 0.15) is 12.6 Å². The number of rotatable bonds is 5. The maximum Gasteiger partial charge on any atom is 0.163 e. The van der Waals surface area contributed by atoms with Crippen LogP contribution in [0.4, 0.5) is 8.78 Å². The fourth-order valence-corrected chi connectivity index (χ4v) is 5.10. The average Bonchev–Trinajstić information content (AvgIpc) is 3.19. The van der Waals surface area contributed by atoms with E-state index in [1.165, 1.54) is 26.1 Å². The number of carbonyl (C=O) groups excluding carboxylic acids is 2. The van der Waals surface area contributed by atoms with E-state index in [0.29, 0.717) is 17.3 Å². The Hall–Kier alpha value is -2.92. The Morgan fingerprint density at radius 2 is 1.58 bits per heavy atom. The second-order valence-electron chi connectivity index (χ2n) is 9.86. The lowest BCUT2D eigenvalue weighted by Crippen LogP contribution is -2.21. The van der Waals surface area contributed by atoms with E-state index >= 15 is 0 Å². The number of aliphatic hydroxyl groups excluding tert-OH is 1. The second-order valence-corrected chi connectivity index (χ2v) is 9.86. The van der Waals surface area contributed by atoms with Gasteiger partial charge < -0.3 is 24.9 Å². The van der Waals surface area contributed by atoms with Gasteiger partial charge in [0.05, 0.1) is 0 Å². The second kappa shape index (κ2) is 16.8. The van der Waals surface area contributed by atoms with Gasteiger partial charge in [-0.05, 0) is 86.5 Å². The van der Waals surface area contributed by atoms with E-state index in [-0.39, 0.29) is 12.0 Å². The quantitative estimate of drug-likeness (QED) is 0.402. The number of aldehydes is 2. The molecular formula is C31H44F2N2O3. The number of aryl methyl sites for hydroxylation is 2. The molecule has 1 aliphatic carbocycles. The minimum absolute atomic E-state index is 0.0864. The Labute approximate surface area is 227 Å². The van der Waals surface area contributed by atoms with Gasteiger partial charge in [-0.15, -0.1) is 12.8 Å². The van der Waals surface area contributed by atoms with Crippen molar-refractivity contribution in [2.45, 2.75) is 47.1 Å². The first kappa shape index (κ1) is 35.1. The zero-order chi connectivity index (χ0) is 29.6. The normalized spacial score (nSPS) is 18.8. The van der Waals surface area contributed by atoms with Crippen LogP contribution < -0.4 is 5.32 Å². The van der Waals surface area contributed by atoms with Gasteiger partial charge in [0.2, 0.25) is 0 Å². The zero-order valence-electron chi connectivity index (χ0n) is 24.0. The molecule has 1 saturated heterocycles. The minimum Gasteiger partial charge on any atom is -0.400 e. The van der Waals surface area contributed by atoms with Crippen LogP contribution in [0.5, 0.6) is 0 Å². The average molecular weight is 531 g/mol. The maximum atomic E-state index is 14.1. The molecule has 2 aromatic rings. The summed E-state index contributed by atoms with van der Waals surface area (Å²) in [5.74, 6) is 0.252. The standard InChI is InChI=1S/C18H19F2NO.C8H15N.C2H4O.C2H2.CH4O/c1-11-5-4-6-12(2)17(11)13-9-14(16(21-3)7-8-22)18(20)15(19)10-13;1-8(2)6-4-9(3)5-7(6)8;1-2-3;2*1-2/h4-6,8-10,16,21H,7H2,1-3H3;6-7H,4-5H2,1-3H3;2H,1H3;1-2H;2H,1H3. The predicted octanol–water partition coefficient (Wildman–Crippen LogP) is 5.37. The van der Waals surface area contributed by atoms with Crippen molar-refractivity contribution in [3.63, 3.8) is 0 Å². The monoisotopic (exact) mass is 530 g/mol. The lowest BCUT2D eigenvalue weighted by atomic mass is 9.92. The molecule has 1 saturated carbocycles. The van der Waals surface area contributed by atoms with Gasteiger partial charge in [-0.3, -0.25) is 0 Å². The number of hydrogen-bond donors (Lipinski definition) is 2. The molecule has 3 unspecified atom stereocenters. The summed E-state index contributed by atoms with van der Waals surface area (Å²) < 4.78 is 28.2. The Kier molecular flexibility index (Phi) is 15.5. The van der Waals surface area contributed by atoms with Gasteiger partial charge in [-0.2, -0.15) is 0 Å². The third-order valence-electron chi connectivity index (χ3n) is 7.19. The minimum atomic E-state index is -0.906. The number of likely N-dealkylation sites (tertiary alicyclic amines) is 1. The summed E-state index contributed by atoms with van der Waals surface area (Å²) >= 11 is 0. The molecule has 1 heterocycles. The van der Waals surface area contributed by atoms with Crippen LogP contribution in [0.2, 0.25) is 0 Å². The van der Waals surface area contributed by atoms with Crippen LogP contribution in [0.25, 0.3) is 11.1 Å². The number of aliphatic hydroxyl groups is 1. The molecule has 5 nitrogen and oxygen atoms in total. The van der Waals surface area contributed by atoms with Crippen LogP contribution in [0, 0.1) is 55.6 Å². The van der Waals surface area contributed by atoms with Gasteiger partial charge >= 0.3 is 0 Å². The van der Waals surface area contributed by atoms with Crippen molar-refractivity contribution in [1.82, 2.24) is 10.2 Å². The summed E-state index contributed by atoms with van der Waals surface area (Å²) in [6.07, 6.45) is 9.53. The highest BCUT2D eigenvalue weighted by atomic mass is 19.2. The molecule has 210 valence electrons. The molecule has 0 aromatic heterocycles. The number of nitrogens with zero attached hydrogens (tertiary/aromatic N) is 1. The van der Waals surface area contributed by atoms with Crippen LogP contribution in [-0.2, 0) is 9.59 Å². The van der Waals surface area contributed by atoms with Crippen molar-refractivity contribution in [2.75, 3.05) is 34.3 Å². The fraction of sp³-hybridized carbons (Fsp3) is 0.484. The molecule has 2 N–H and O–H groups in total. The van der Waals surface area contributed by atoms with Crippen LogP contribution in [0.1, 0.15) is 49.9 Å². The highest BCUT2D eigenvalue weighted by Crippen LogP contribution is 2.61. The predicted molar refractivity (Wildman–Crippen MR) is 152 cm³/mol. The summed E-state index contributed by atoms with van der Waals surface area (Å²) in [5.41, 5.74) is 4.38. The molecule has 0 bridgehead atoms. The van der Waals surface area contributed by atoms with E-state index in [2.05, 4.69) is 44.0 Å². The van der Waals surface area contributed by atoms with Gasteiger partial charge in [-0.25, -0.2) is 8.78 Å². The molecular weight excluding hydrogens is 486 g/mol. The molecule has 3 atom stereocenters. The number of halogens is 2. The SMILES string of the molecule is C#C.CC=O.CN1CC2C(C1)C2(C)C.CNC(CC=O)c1cc(-c2c(C)cccc2C)cc(F)c1F.CO. The van der Waals surface area contributed by atoms with Crippen molar-refractivity contribution in [3.8, 4) is 24.0 Å². The molecule has 1 aliphatic heterocycles. The van der Waals surface area contributed by atoms with E-state index in [0.717, 1.165) is 41.9 Å². The number of hydrogen-bond acceptors (Lipinski definition) is 5. The first-order chi connectivity index (χ1) is 18.0. The Bertz CT molecular complexity index is 1020. The van der Waals surface area contributed by atoms with Crippen molar-refractivity contribution in [3.05, 3.63) is 58.7 Å². The molecule has 0 radical (unpaired) electrons. The van der Waals surface area contributed by atoms with E-state index in [1.54, 1.807) is 13.1 Å². The van der Waals surface area contributed by atoms with Crippen LogP contribution >= 0.6 is 0 Å². The van der Waals surface area contributed by atoms with Crippen molar-refractivity contribution >= 4 is 12.6 Å². The first-order valence-corrected chi connectivity index (χ1v) is 12.6. The summed E-state index contributed by atoms with van der Waals surface area (Å²) in [7, 11) is 4.85. The summed E-state index contributed by atoms with van der Waals surface area (Å²) in [4.78, 5) is 22.0. The number of fused-ring (bicyclic) bond motifs is 1. The molecule has 4 rings (SSSR count). The van der Waals surface area contributed by atoms with E-state index in [1.807, 2.05) is 32.0 Å². The number of benzene rings is 2. The smallest absolute Gasteiger partial charge is 0.163 e. The molecule has 2 aliphatic rings. The fourth-order valence-electron chi connectivity index (χ4n) is 5.10. The van der Waals surface area contributed by atoms with E-state index < -0.39 is 17.7 Å². The topological polar surface area (TPSA) is 69.6 Å². The third kappa shape index (κ3) is 8.83. The van der Waals surface area contributed by atoms with E-state index in [4.69, 9.17) is 9.90 Å². The molecule has 2 fully saturated rings. The Morgan fingerprint density at radius 1 is 1.11 bits per heavy atom. The molecule has 7 heteroatoms. The lowest BCUT2D eigenvalue weighted by Gasteiger charge is -2.18. The highest BCUT2D eigenvalue weighted by Gasteiger charge is 2.60. The van der Waals surface area contributed by atoms with Crippen LogP contribution in [0.15, 0.2) is 30.3 Å². The van der Waals surface area contributed by atoms with Crippen molar-refractivity contribution in [2.24, 2.45) is 17.3 Å². The van der Waals surface area contributed by atoms with Crippen molar-refractivity contribution in [1.29, 1.82) is 0 Å². The number of terminal acetylenes is 1. The molecule has 0 amide bonds. The first-order valence-electron chi connectivity index (χ1n) is 12.6. The van der Waals surface area contributed by atoms with Gasteiger partial charge in [-0.1, -0.05) is 32.0 Å². The molecule has 0 spiro atoms. The van der Waals surface area contributed by atoms with Crippen molar-refractivity contribution < 1.29 is 23.5 Å². The van der Waals surface area contributed by atoms with Crippen LogP contribution in [0.3, 0.4) is 0 Å². The van der Waals surface area contributed by atoms with Crippen LogP contribution in [-0.4, -0.2) is 56.9 Å². The molecule has 2 aromatic carbocycles. The summed E-state index contributed by atoms with van der Waals surface area (Å²) in [5, 5.41) is 9.86. The Morgan fingerprint density at radius 3 is 1.97 bits per heavy atom. The number of piperidine rings is 1. The Balaban J connectivity index is 0.000000701. The lowest BCUT2D eigenvalue weighted by molar-refractivity contribution is -0.108. The third-order valence-corrected chi connectivity index (χ3v) is 7.19. The number of carbonyl (C=O) groups is 2.